The van der Waals surface area contributed by atoms with Gasteiger partial charge in [0.25, 0.3) is 0 Å². The molecule has 0 aliphatic carbocycles. The lowest BCUT2D eigenvalue weighted by atomic mass is 9.90. The second-order valence-electron chi connectivity index (χ2n) is 10.6. The van der Waals surface area contributed by atoms with Crippen LogP contribution in [0.4, 0.5) is 0 Å². The van der Waals surface area contributed by atoms with Crippen molar-refractivity contribution in [1.82, 2.24) is 24.7 Å². The molecule has 0 saturated heterocycles. The third-order valence-corrected chi connectivity index (χ3v) is 7.88. The number of ether oxygens (including phenoxy) is 1. The number of hydrogen-bond donors (Lipinski definition) is 0. The summed E-state index contributed by atoms with van der Waals surface area (Å²) in [7, 11) is 1.89. The summed E-state index contributed by atoms with van der Waals surface area (Å²) in [5.74, 6) is 0.544. The number of Topliss-reactive ketones (excluding diaryl/α,β-unsaturated/α-hetero) is 1. The molecule has 0 fully saturated rings. The Balaban J connectivity index is 1.74. The number of nitrogens with zero attached hydrogens (tertiary/aromatic N) is 5. The number of carbonyl (C=O) groups excluding carboxylic acids is 1. The standard InChI is InChI=1S/C30H30ClN5O2S/c1-16-14-23-27(39-29(35-23)22-12-13-32-28(34-22)21-15-33-36(7)17(21)2)25(19-8-10-20(31)11-9-19)24(16)26(18(3)37)38-30(4,5)6/h8-15,26H,1-7H3/t26-/m1/s1. The third kappa shape index (κ3) is 5.37. The number of thiazole rings is 1. The van der Waals surface area contributed by atoms with Gasteiger partial charge in [-0.2, -0.15) is 5.10 Å². The van der Waals surface area contributed by atoms with Crippen LogP contribution < -0.4 is 0 Å². The molecule has 200 valence electrons. The van der Waals surface area contributed by atoms with Gasteiger partial charge in [-0.15, -0.1) is 11.3 Å². The summed E-state index contributed by atoms with van der Waals surface area (Å²) >= 11 is 7.78. The summed E-state index contributed by atoms with van der Waals surface area (Å²) in [4.78, 5) is 27.3. The first kappa shape index (κ1) is 27.1. The molecule has 1 atom stereocenters. The minimum Gasteiger partial charge on any atom is -0.360 e. The molecule has 0 radical (unpaired) electrons. The molecule has 0 aliphatic heterocycles. The molecule has 0 unspecified atom stereocenters. The van der Waals surface area contributed by atoms with Gasteiger partial charge < -0.3 is 4.74 Å². The number of fused-ring (bicyclic) bond motifs is 1. The molecule has 0 spiro atoms. The van der Waals surface area contributed by atoms with Gasteiger partial charge in [-0.1, -0.05) is 23.7 Å². The van der Waals surface area contributed by atoms with E-state index in [0.29, 0.717) is 10.8 Å². The van der Waals surface area contributed by atoms with Gasteiger partial charge in [-0.05, 0) is 76.9 Å². The van der Waals surface area contributed by atoms with Gasteiger partial charge >= 0.3 is 0 Å². The van der Waals surface area contributed by atoms with Crippen molar-refractivity contribution in [2.45, 2.75) is 53.2 Å². The fourth-order valence-electron chi connectivity index (χ4n) is 4.59. The summed E-state index contributed by atoms with van der Waals surface area (Å²) in [6, 6.07) is 11.6. The van der Waals surface area contributed by atoms with Gasteiger partial charge in [-0.25, -0.2) is 15.0 Å². The Morgan fingerprint density at radius 3 is 2.44 bits per heavy atom. The fourth-order valence-corrected chi connectivity index (χ4v) is 5.81. The van der Waals surface area contributed by atoms with Crippen LogP contribution in [0, 0.1) is 13.8 Å². The number of hydrogen-bond acceptors (Lipinski definition) is 7. The van der Waals surface area contributed by atoms with Crippen LogP contribution in [0.1, 0.15) is 50.6 Å². The van der Waals surface area contributed by atoms with Crippen LogP contribution in [0.2, 0.25) is 5.02 Å². The summed E-state index contributed by atoms with van der Waals surface area (Å²) in [6.45, 7) is 11.4. The molecule has 0 N–H and O–H groups in total. The normalized spacial score (nSPS) is 12.7. The lowest BCUT2D eigenvalue weighted by Gasteiger charge is -2.29. The molecule has 5 aromatic rings. The van der Waals surface area contributed by atoms with Crippen molar-refractivity contribution in [2.75, 3.05) is 0 Å². The highest BCUT2D eigenvalue weighted by molar-refractivity contribution is 7.22. The topological polar surface area (TPSA) is 82.8 Å². The molecular weight excluding hydrogens is 530 g/mol. The Kier molecular flexibility index (Phi) is 7.13. The van der Waals surface area contributed by atoms with E-state index in [4.69, 9.17) is 26.3 Å². The monoisotopic (exact) mass is 559 g/mol. The summed E-state index contributed by atoms with van der Waals surface area (Å²) < 4.78 is 9.11. The maximum absolute atomic E-state index is 13.0. The lowest BCUT2D eigenvalue weighted by molar-refractivity contribution is -0.138. The third-order valence-electron chi connectivity index (χ3n) is 6.51. The molecule has 0 bridgehead atoms. The highest BCUT2D eigenvalue weighted by Crippen LogP contribution is 2.44. The van der Waals surface area contributed by atoms with E-state index in [-0.39, 0.29) is 5.78 Å². The number of rotatable bonds is 6. The second kappa shape index (κ2) is 10.3. The van der Waals surface area contributed by atoms with Crippen molar-refractivity contribution < 1.29 is 9.53 Å². The van der Waals surface area contributed by atoms with Crippen LogP contribution in [0.5, 0.6) is 0 Å². The molecule has 0 aliphatic rings. The average Bonchev–Trinajstić information content (AvgIpc) is 3.45. The lowest BCUT2D eigenvalue weighted by Crippen LogP contribution is -2.27. The SMILES string of the molecule is CC(=O)[C@@H](OC(C)(C)C)c1c(C)cc2nc(-c3ccnc(-c4cnn(C)c4C)n3)sc2c1-c1ccc(Cl)cc1. The van der Waals surface area contributed by atoms with Crippen LogP contribution in [0.3, 0.4) is 0 Å². The summed E-state index contributed by atoms with van der Waals surface area (Å²) in [6.07, 6.45) is 2.79. The highest BCUT2D eigenvalue weighted by Gasteiger charge is 2.30. The minimum absolute atomic E-state index is 0.0559. The molecule has 0 saturated carbocycles. The average molecular weight is 560 g/mol. The van der Waals surface area contributed by atoms with Crippen molar-refractivity contribution in [3.63, 3.8) is 0 Å². The predicted octanol–water partition coefficient (Wildman–Crippen LogP) is 7.54. The van der Waals surface area contributed by atoms with Crippen molar-refractivity contribution in [3.05, 3.63) is 70.6 Å². The van der Waals surface area contributed by atoms with Crippen LogP contribution in [-0.4, -0.2) is 36.1 Å². The van der Waals surface area contributed by atoms with Gasteiger partial charge in [0, 0.05) is 35.1 Å². The van der Waals surface area contributed by atoms with E-state index in [0.717, 1.165) is 54.4 Å². The molecule has 3 heterocycles. The maximum atomic E-state index is 13.0. The van der Waals surface area contributed by atoms with Crippen LogP contribution in [-0.2, 0) is 16.6 Å². The zero-order valence-electron chi connectivity index (χ0n) is 23.0. The fraction of sp³-hybridized carbons (Fsp3) is 0.300. The zero-order valence-corrected chi connectivity index (χ0v) is 24.6. The number of aryl methyl sites for hydroxylation is 2. The van der Waals surface area contributed by atoms with E-state index >= 15 is 0 Å². The summed E-state index contributed by atoms with van der Waals surface area (Å²) in [5, 5.41) is 5.73. The number of halogens is 1. The van der Waals surface area contributed by atoms with E-state index in [1.165, 1.54) is 11.3 Å². The van der Waals surface area contributed by atoms with E-state index in [1.54, 1.807) is 24.0 Å². The number of benzene rings is 2. The molecule has 9 heteroatoms. The largest absolute Gasteiger partial charge is 0.360 e. The summed E-state index contributed by atoms with van der Waals surface area (Å²) in [5.41, 5.74) is 6.54. The molecule has 0 amide bonds. The Morgan fingerprint density at radius 2 is 1.82 bits per heavy atom. The van der Waals surface area contributed by atoms with Crippen molar-refractivity contribution in [1.29, 1.82) is 0 Å². The van der Waals surface area contributed by atoms with Gasteiger partial charge in [0.1, 0.15) is 16.8 Å². The van der Waals surface area contributed by atoms with Gasteiger partial charge in [0.15, 0.2) is 11.6 Å². The van der Waals surface area contributed by atoms with Crippen molar-refractivity contribution in [2.24, 2.45) is 7.05 Å². The maximum Gasteiger partial charge on any atom is 0.163 e. The smallest absolute Gasteiger partial charge is 0.163 e. The molecule has 7 nitrogen and oxygen atoms in total. The molecular formula is C30H30ClN5O2S. The van der Waals surface area contributed by atoms with Crippen molar-refractivity contribution >= 4 is 38.9 Å². The van der Waals surface area contributed by atoms with E-state index in [9.17, 15) is 4.79 Å². The van der Waals surface area contributed by atoms with Gasteiger partial charge in [-0.3, -0.25) is 9.48 Å². The molecule has 39 heavy (non-hydrogen) atoms. The number of carbonyl (C=O) groups is 1. The Hall–Kier alpha value is -3.46. The molecule has 5 rings (SSSR count). The van der Waals surface area contributed by atoms with Gasteiger partial charge in [0.2, 0.25) is 0 Å². The molecule has 2 aromatic carbocycles. The van der Waals surface area contributed by atoms with E-state index < -0.39 is 11.7 Å². The Labute approximate surface area is 236 Å². The highest BCUT2D eigenvalue weighted by atomic mass is 35.5. The van der Waals surface area contributed by atoms with Crippen LogP contribution in [0.15, 0.2) is 48.8 Å². The van der Waals surface area contributed by atoms with E-state index in [1.807, 2.05) is 78.1 Å². The van der Waals surface area contributed by atoms with Crippen molar-refractivity contribution in [3.8, 4) is 33.2 Å². The quantitative estimate of drug-likeness (QED) is 0.214. The first-order valence-electron chi connectivity index (χ1n) is 12.6. The van der Waals surface area contributed by atoms with Crippen LogP contribution in [0.25, 0.3) is 43.4 Å². The Morgan fingerprint density at radius 1 is 1.10 bits per heavy atom. The van der Waals surface area contributed by atoms with Gasteiger partial charge in [0.05, 0.1) is 27.6 Å². The first-order chi connectivity index (χ1) is 18.4. The first-order valence-corrected chi connectivity index (χ1v) is 13.8. The molecule has 3 aromatic heterocycles. The number of aromatic nitrogens is 5. The predicted molar refractivity (Wildman–Crippen MR) is 157 cm³/mol. The minimum atomic E-state index is -0.732. The van der Waals surface area contributed by atoms with Crippen LogP contribution >= 0.6 is 22.9 Å². The Bertz CT molecular complexity index is 1700. The number of ketones is 1. The second-order valence-corrected chi connectivity index (χ2v) is 12.0. The zero-order chi connectivity index (χ0) is 28.1. The van der Waals surface area contributed by atoms with E-state index in [2.05, 4.69) is 10.1 Å².